The van der Waals surface area contributed by atoms with Crippen LogP contribution in [0.3, 0.4) is 0 Å². The van der Waals surface area contributed by atoms with Crippen molar-refractivity contribution in [1.29, 1.82) is 0 Å². The first kappa shape index (κ1) is 17.8. The van der Waals surface area contributed by atoms with Crippen molar-refractivity contribution in [3.8, 4) is 11.1 Å². The van der Waals surface area contributed by atoms with E-state index in [4.69, 9.17) is 28.9 Å². The minimum atomic E-state index is -0.483. The largest absolute Gasteiger partial charge is 0.399 e. The van der Waals surface area contributed by atoms with E-state index in [1.807, 2.05) is 37.4 Å². The van der Waals surface area contributed by atoms with Crippen molar-refractivity contribution in [3.63, 3.8) is 0 Å². The predicted molar refractivity (Wildman–Crippen MR) is 110 cm³/mol. The summed E-state index contributed by atoms with van der Waals surface area (Å²) in [6.07, 6.45) is 3.67. The highest BCUT2D eigenvalue weighted by atomic mass is 35.5. The lowest BCUT2D eigenvalue weighted by atomic mass is 9.92. The molecule has 0 aliphatic rings. The molecule has 3 N–H and O–H groups in total. The number of hydrogen-bond acceptors (Lipinski definition) is 2. The summed E-state index contributed by atoms with van der Waals surface area (Å²) in [7, 11) is 0. The van der Waals surface area contributed by atoms with Crippen LogP contribution in [0.25, 0.3) is 22.2 Å². The lowest BCUT2D eigenvalue weighted by Crippen LogP contribution is -1.99. The van der Waals surface area contributed by atoms with Crippen molar-refractivity contribution in [2.24, 2.45) is 0 Å². The van der Waals surface area contributed by atoms with E-state index in [2.05, 4.69) is 16.0 Å². The topological polar surface area (TPSA) is 54.7 Å². The summed E-state index contributed by atoms with van der Waals surface area (Å²) in [4.78, 5) is 7.68. The SMILES string of the molecule is CC(c1c(Cl)ccc(F)c1Cl)c1c[nH]c2ncc(-c3ccc(N)cc3)cc12. The Morgan fingerprint density at radius 1 is 1.07 bits per heavy atom. The molecule has 6 heteroatoms. The fourth-order valence-electron chi connectivity index (χ4n) is 3.31. The lowest BCUT2D eigenvalue weighted by Gasteiger charge is -2.15. The Bertz CT molecular complexity index is 1140. The first-order valence-electron chi connectivity index (χ1n) is 8.42. The second-order valence-electron chi connectivity index (χ2n) is 6.46. The van der Waals surface area contributed by atoms with Gasteiger partial charge >= 0.3 is 0 Å². The molecule has 0 spiro atoms. The molecule has 0 aliphatic carbocycles. The molecule has 3 nitrogen and oxygen atoms in total. The number of fused-ring (bicyclic) bond motifs is 1. The summed E-state index contributed by atoms with van der Waals surface area (Å²) in [5.74, 6) is -0.693. The maximum Gasteiger partial charge on any atom is 0.142 e. The van der Waals surface area contributed by atoms with Gasteiger partial charge in [-0.25, -0.2) is 9.37 Å². The number of nitrogens with one attached hydrogen (secondary N) is 1. The lowest BCUT2D eigenvalue weighted by molar-refractivity contribution is 0.625. The third kappa shape index (κ3) is 3.15. The predicted octanol–water partition coefficient (Wildman–Crippen LogP) is 6.41. The second kappa shape index (κ2) is 6.87. The molecule has 136 valence electrons. The first-order chi connectivity index (χ1) is 13.0. The number of benzene rings is 2. The van der Waals surface area contributed by atoms with Gasteiger partial charge in [-0.3, -0.25) is 0 Å². The van der Waals surface area contributed by atoms with Gasteiger partial charge in [0.05, 0.1) is 5.02 Å². The normalized spacial score (nSPS) is 12.4. The van der Waals surface area contributed by atoms with Gasteiger partial charge < -0.3 is 10.7 Å². The molecule has 0 saturated carbocycles. The summed E-state index contributed by atoms with van der Waals surface area (Å²) in [5.41, 5.74) is 10.7. The van der Waals surface area contributed by atoms with Crippen LogP contribution in [0.4, 0.5) is 10.1 Å². The quantitative estimate of drug-likeness (QED) is 0.308. The molecule has 2 aromatic carbocycles. The molecule has 0 amide bonds. The van der Waals surface area contributed by atoms with Gasteiger partial charge in [-0.05, 0) is 47.0 Å². The van der Waals surface area contributed by atoms with Crippen molar-refractivity contribution in [1.82, 2.24) is 9.97 Å². The number of nitrogens with zero attached hydrogens (tertiary/aromatic N) is 1. The highest BCUT2D eigenvalue weighted by Gasteiger charge is 2.21. The van der Waals surface area contributed by atoms with Gasteiger partial charge in [-0.15, -0.1) is 0 Å². The molecule has 4 rings (SSSR count). The Morgan fingerprint density at radius 2 is 1.81 bits per heavy atom. The number of anilines is 1. The van der Waals surface area contributed by atoms with Gasteiger partial charge in [0, 0.05) is 40.0 Å². The number of H-pyrrole nitrogens is 1. The zero-order chi connectivity index (χ0) is 19.1. The Kier molecular flexibility index (Phi) is 4.54. The molecule has 27 heavy (non-hydrogen) atoms. The highest BCUT2D eigenvalue weighted by Crippen LogP contribution is 2.39. The Balaban J connectivity index is 1.84. The number of rotatable bonds is 3. The molecule has 1 atom stereocenters. The van der Waals surface area contributed by atoms with Crippen LogP contribution in [0.5, 0.6) is 0 Å². The van der Waals surface area contributed by atoms with Gasteiger partial charge in [-0.1, -0.05) is 42.3 Å². The summed E-state index contributed by atoms with van der Waals surface area (Å²) < 4.78 is 14.0. The van der Waals surface area contributed by atoms with Crippen LogP contribution in [0.15, 0.2) is 54.9 Å². The van der Waals surface area contributed by atoms with Crippen LogP contribution in [0, 0.1) is 5.82 Å². The van der Waals surface area contributed by atoms with Crippen molar-refractivity contribution >= 4 is 39.9 Å². The molecular weight excluding hydrogens is 384 g/mol. The summed E-state index contributed by atoms with van der Waals surface area (Å²) in [6.45, 7) is 1.95. The van der Waals surface area contributed by atoms with E-state index < -0.39 is 5.82 Å². The van der Waals surface area contributed by atoms with Crippen molar-refractivity contribution in [2.75, 3.05) is 5.73 Å². The number of aromatic nitrogens is 2. The fraction of sp³-hybridized carbons (Fsp3) is 0.0952. The van der Waals surface area contributed by atoms with E-state index >= 15 is 0 Å². The molecule has 2 aromatic heterocycles. The molecule has 0 radical (unpaired) electrons. The summed E-state index contributed by atoms with van der Waals surface area (Å²) in [6, 6.07) is 12.5. The van der Waals surface area contributed by atoms with Crippen molar-refractivity contribution < 1.29 is 4.39 Å². The van der Waals surface area contributed by atoms with E-state index in [0.717, 1.165) is 27.7 Å². The molecule has 0 aliphatic heterocycles. The average Bonchev–Trinajstić information content (AvgIpc) is 3.09. The van der Waals surface area contributed by atoms with Gasteiger partial charge in [-0.2, -0.15) is 0 Å². The van der Waals surface area contributed by atoms with Crippen LogP contribution in [0.1, 0.15) is 24.0 Å². The Labute approximate surface area is 165 Å². The van der Waals surface area contributed by atoms with Crippen molar-refractivity contribution in [2.45, 2.75) is 12.8 Å². The van der Waals surface area contributed by atoms with Crippen LogP contribution in [-0.2, 0) is 0 Å². The van der Waals surface area contributed by atoms with Gasteiger partial charge in [0.2, 0.25) is 0 Å². The first-order valence-corrected chi connectivity index (χ1v) is 9.17. The average molecular weight is 400 g/mol. The van der Waals surface area contributed by atoms with Gasteiger partial charge in [0.25, 0.3) is 0 Å². The number of nitrogens with two attached hydrogens (primary N) is 1. The highest BCUT2D eigenvalue weighted by molar-refractivity contribution is 6.36. The monoisotopic (exact) mass is 399 g/mol. The standard InChI is InChI=1S/C21H16Cl2FN3/c1-11(19-17(22)6-7-18(24)20(19)23)16-10-27-21-15(16)8-13(9-26-21)12-2-4-14(25)5-3-12/h2-11H,25H2,1H3,(H,26,27). The molecular formula is C21H16Cl2FN3. The van der Waals surface area contributed by atoms with Crippen LogP contribution < -0.4 is 5.73 Å². The smallest absolute Gasteiger partial charge is 0.142 e. The van der Waals surface area contributed by atoms with E-state index in [1.54, 1.807) is 6.20 Å². The summed E-state index contributed by atoms with van der Waals surface area (Å²) >= 11 is 12.5. The number of aromatic amines is 1. The Morgan fingerprint density at radius 3 is 2.56 bits per heavy atom. The maximum absolute atomic E-state index is 14.0. The molecule has 0 saturated heterocycles. The minimum Gasteiger partial charge on any atom is -0.399 e. The second-order valence-corrected chi connectivity index (χ2v) is 7.25. The van der Waals surface area contributed by atoms with Crippen LogP contribution in [0.2, 0.25) is 10.0 Å². The van der Waals surface area contributed by atoms with Crippen LogP contribution >= 0.6 is 23.2 Å². The molecule has 1 unspecified atom stereocenters. The van der Waals surface area contributed by atoms with E-state index in [1.165, 1.54) is 12.1 Å². The minimum absolute atomic E-state index is 0.0481. The van der Waals surface area contributed by atoms with Crippen molar-refractivity contribution in [3.05, 3.63) is 81.8 Å². The number of halogens is 3. The number of nitrogen functional groups attached to an aromatic ring is 1. The fourth-order valence-corrected chi connectivity index (χ4v) is 4.01. The third-order valence-corrected chi connectivity index (χ3v) is 5.50. The zero-order valence-electron chi connectivity index (χ0n) is 14.4. The molecule has 0 fully saturated rings. The number of hydrogen-bond donors (Lipinski definition) is 2. The third-order valence-electron chi connectivity index (χ3n) is 4.79. The van der Waals surface area contributed by atoms with E-state index in [-0.39, 0.29) is 10.9 Å². The number of pyridine rings is 1. The Hall–Kier alpha value is -2.56. The summed E-state index contributed by atoms with van der Waals surface area (Å²) in [5, 5.41) is 1.42. The maximum atomic E-state index is 14.0. The van der Waals surface area contributed by atoms with E-state index in [0.29, 0.717) is 16.3 Å². The van der Waals surface area contributed by atoms with Gasteiger partial charge in [0.15, 0.2) is 0 Å². The van der Waals surface area contributed by atoms with E-state index in [9.17, 15) is 4.39 Å². The molecule has 2 heterocycles. The molecule has 4 aromatic rings. The zero-order valence-corrected chi connectivity index (χ0v) is 15.9. The van der Waals surface area contributed by atoms with Gasteiger partial charge in [0.1, 0.15) is 11.5 Å². The molecule has 0 bridgehead atoms. The van der Waals surface area contributed by atoms with Crippen LogP contribution in [-0.4, -0.2) is 9.97 Å².